The fourth-order valence-corrected chi connectivity index (χ4v) is 3.96. The van der Waals surface area contributed by atoms with Gasteiger partial charge in [0.25, 0.3) is 5.91 Å². The molecule has 2 aromatic heterocycles. The van der Waals surface area contributed by atoms with Crippen molar-refractivity contribution in [3.8, 4) is 11.3 Å². The van der Waals surface area contributed by atoms with Gasteiger partial charge < -0.3 is 10.0 Å². The molecule has 4 rings (SSSR count). The fourth-order valence-electron chi connectivity index (χ4n) is 3.79. The van der Waals surface area contributed by atoms with E-state index in [-0.39, 0.29) is 12.5 Å². The second-order valence-corrected chi connectivity index (χ2v) is 7.87. The summed E-state index contributed by atoms with van der Waals surface area (Å²) < 4.78 is 1.66. The molecule has 1 unspecified atom stereocenters. The first-order valence-corrected chi connectivity index (χ1v) is 9.96. The van der Waals surface area contributed by atoms with Crippen LogP contribution in [-0.2, 0) is 6.54 Å². The number of carbonyl (C=O) groups is 1. The number of halogens is 1. The highest BCUT2D eigenvalue weighted by molar-refractivity contribution is 6.31. The van der Waals surface area contributed by atoms with Gasteiger partial charge in [0, 0.05) is 35.3 Å². The van der Waals surface area contributed by atoms with Crippen molar-refractivity contribution < 1.29 is 9.90 Å². The number of pyridine rings is 1. The van der Waals surface area contributed by atoms with Crippen molar-refractivity contribution in [3.63, 3.8) is 0 Å². The number of rotatable bonds is 4. The van der Waals surface area contributed by atoms with Crippen LogP contribution in [0.3, 0.4) is 0 Å². The van der Waals surface area contributed by atoms with Crippen LogP contribution in [0.25, 0.3) is 22.2 Å². The number of benzene rings is 1. The Labute approximate surface area is 168 Å². The van der Waals surface area contributed by atoms with Crippen LogP contribution in [0.1, 0.15) is 30.1 Å². The van der Waals surface area contributed by atoms with Crippen LogP contribution in [0.4, 0.5) is 0 Å². The number of piperidine rings is 1. The first-order chi connectivity index (χ1) is 13.5. The van der Waals surface area contributed by atoms with Gasteiger partial charge in [-0.05, 0) is 37.0 Å². The molecule has 1 aliphatic heterocycles. The summed E-state index contributed by atoms with van der Waals surface area (Å²) in [5, 5.41) is 14.7. The van der Waals surface area contributed by atoms with E-state index in [0.29, 0.717) is 34.3 Å². The molecule has 146 valence electrons. The molecule has 1 saturated heterocycles. The average Bonchev–Trinajstić information content (AvgIpc) is 3.15. The molecule has 1 N–H and O–H groups in total. The molecule has 0 saturated carbocycles. The first kappa shape index (κ1) is 18.9. The molecule has 1 fully saturated rings. The highest BCUT2D eigenvalue weighted by atomic mass is 35.5. The number of amides is 1. The summed E-state index contributed by atoms with van der Waals surface area (Å²) in [6.07, 6.45) is 5.71. The summed E-state index contributed by atoms with van der Waals surface area (Å²) in [5.41, 5.74) is 2.80. The minimum Gasteiger partial charge on any atom is -0.394 e. The summed E-state index contributed by atoms with van der Waals surface area (Å²) in [6.45, 7) is 4.17. The number of nitrogens with zero attached hydrogens (tertiary/aromatic N) is 4. The standard InChI is InChI=1S/C21H23ClN4O2/c1-14-3-2-6-25(12-14)21(28)18-10-19(15-11-23-26(13-15)7-8-27)24-20-9-16(22)4-5-17(18)20/h4-5,9-11,13-14,27H,2-3,6-8,12H2,1H3. The van der Waals surface area contributed by atoms with Crippen LogP contribution in [0.15, 0.2) is 36.7 Å². The highest BCUT2D eigenvalue weighted by Crippen LogP contribution is 2.29. The molecule has 0 aliphatic carbocycles. The van der Waals surface area contributed by atoms with Crippen molar-refractivity contribution in [1.29, 1.82) is 0 Å². The summed E-state index contributed by atoms with van der Waals surface area (Å²) in [7, 11) is 0. The predicted octanol–water partition coefficient (Wildman–Crippen LogP) is 3.62. The summed E-state index contributed by atoms with van der Waals surface area (Å²) in [4.78, 5) is 20.0. The monoisotopic (exact) mass is 398 g/mol. The second-order valence-electron chi connectivity index (χ2n) is 7.43. The van der Waals surface area contributed by atoms with Crippen molar-refractivity contribution in [2.24, 2.45) is 5.92 Å². The van der Waals surface area contributed by atoms with E-state index in [4.69, 9.17) is 21.7 Å². The van der Waals surface area contributed by atoms with Crippen molar-refractivity contribution >= 4 is 28.4 Å². The van der Waals surface area contributed by atoms with Crippen LogP contribution < -0.4 is 0 Å². The number of aliphatic hydroxyl groups is 1. The topological polar surface area (TPSA) is 71.2 Å². The Morgan fingerprint density at radius 1 is 1.36 bits per heavy atom. The van der Waals surface area contributed by atoms with E-state index in [1.54, 1.807) is 23.0 Å². The van der Waals surface area contributed by atoms with E-state index >= 15 is 0 Å². The third-order valence-electron chi connectivity index (χ3n) is 5.20. The van der Waals surface area contributed by atoms with Crippen LogP contribution in [0, 0.1) is 5.92 Å². The molecule has 1 amide bonds. The van der Waals surface area contributed by atoms with Crippen LogP contribution >= 0.6 is 11.6 Å². The lowest BCUT2D eigenvalue weighted by Gasteiger charge is -2.31. The van der Waals surface area contributed by atoms with E-state index in [9.17, 15) is 4.79 Å². The molecule has 0 bridgehead atoms. The van der Waals surface area contributed by atoms with E-state index in [1.807, 2.05) is 23.2 Å². The molecular formula is C21H23ClN4O2. The van der Waals surface area contributed by atoms with E-state index < -0.39 is 0 Å². The molecule has 0 spiro atoms. The third kappa shape index (κ3) is 3.75. The Morgan fingerprint density at radius 2 is 2.21 bits per heavy atom. The third-order valence-corrected chi connectivity index (χ3v) is 5.44. The number of aliphatic hydroxyl groups excluding tert-OH is 1. The van der Waals surface area contributed by atoms with E-state index in [0.717, 1.165) is 36.9 Å². The minimum atomic E-state index is 0.0127. The Balaban J connectivity index is 1.80. The number of likely N-dealkylation sites (tertiary alicyclic amines) is 1. The summed E-state index contributed by atoms with van der Waals surface area (Å²) >= 11 is 6.18. The fraction of sp³-hybridized carbons (Fsp3) is 0.381. The van der Waals surface area contributed by atoms with Gasteiger partial charge in [-0.25, -0.2) is 4.98 Å². The molecule has 1 aromatic carbocycles. The number of hydrogen-bond acceptors (Lipinski definition) is 4. The van der Waals surface area contributed by atoms with Gasteiger partial charge in [-0.15, -0.1) is 0 Å². The quantitative estimate of drug-likeness (QED) is 0.728. The highest BCUT2D eigenvalue weighted by Gasteiger charge is 2.24. The summed E-state index contributed by atoms with van der Waals surface area (Å²) in [5.74, 6) is 0.543. The maximum Gasteiger partial charge on any atom is 0.254 e. The van der Waals surface area contributed by atoms with E-state index in [2.05, 4.69) is 12.0 Å². The van der Waals surface area contributed by atoms with Crippen LogP contribution in [0.2, 0.25) is 5.02 Å². The van der Waals surface area contributed by atoms with Crippen molar-refractivity contribution in [1.82, 2.24) is 19.7 Å². The normalized spacial score (nSPS) is 17.2. The molecule has 1 atom stereocenters. The number of carbonyl (C=O) groups excluding carboxylic acids is 1. The lowest BCUT2D eigenvalue weighted by molar-refractivity contribution is 0.0685. The SMILES string of the molecule is CC1CCCN(C(=O)c2cc(-c3cnn(CCO)c3)nc3cc(Cl)ccc23)C1. The van der Waals surface area contributed by atoms with Gasteiger partial charge in [0.05, 0.1) is 36.1 Å². The first-order valence-electron chi connectivity index (χ1n) is 9.58. The summed E-state index contributed by atoms with van der Waals surface area (Å²) in [6, 6.07) is 7.29. The molecule has 7 heteroatoms. The molecule has 28 heavy (non-hydrogen) atoms. The van der Waals surface area contributed by atoms with Crippen LogP contribution in [-0.4, -0.2) is 50.4 Å². The molecule has 3 heterocycles. The molecule has 0 radical (unpaired) electrons. The van der Waals surface area contributed by atoms with Gasteiger partial charge in [0.1, 0.15) is 0 Å². The molecule has 1 aliphatic rings. The lowest BCUT2D eigenvalue weighted by Crippen LogP contribution is -2.39. The number of fused-ring (bicyclic) bond motifs is 1. The van der Waals surface area contributed by atoms with Crippen molar-refractivity contribution in [3.05, 3.63) is 47.2 Å². The maximum atomic E-state index is 13.3. The molecule has 3 aromatic rings. The zero-order valence-corrected chi connectivity index (χ0v) is 16.6. The Bertz CT molecular complexity index is 1020. The Kier molecular flexibility index (Phi) is 5.33. The average molecular weight is 399 g/mol. The zero-order chi connectivity index (χ0) is 19.7. The zero-order valence-electron chi connectivity index (χ0n) is 15.8. The largest absolute Gasteiger partial charge is 0.394 e. The van der Waals surface area contributed by atoms with Gasteiger partial charge in [-0.2, -0.15) is 5.10 Å². The van der Waals surface area contributed by atoms with Gasteiger partial charge in [-0.1, -0.05) is 24.6 Å². The number of aromatic nitrogens is 3. The number of hydrogen-bond donors (Lipinski definition) is 1. The van der Waals surface area contributed by atoms with E-state index in [1.165, 1.54) is 0 Å². The van der Waals surface area contributed by atoms with Gasteiger partial charge in [0.2, 0.25) is 0 Å². The molecular weight excluding hydrogens is 376 g/mol. The Hall–Kier alpha value is -2.44. The predicted molar refractivity (Wildman–Crippen MR) is 109 cm³/mol. The minimum absolute atomic E-state index is 0.0127. The Morgan fingerprint density at radius 3 is 3.00 bits per heavy atom. The molecule has 6 nitrogen and oxygen atoms in total. The van der Waals surface area contributed by atoms with Gasteiger partial charge >= 0.3 is 0 Å². The van der Waals surface area contributed by atoms with Crippen molar-refractivity contribution in [2.45, 2.75) is 26.3 Å². The lowest BCUT2D eigenvalue weighted by atomic mass is 9.98. The van der Waals surface area contributed by atoms with Gasteiger partial charge in [-0.3, -0.25) is 9.48 Å². The van der Waals surface area contributed by atoms with Gasteiger partial charge in [0.15, 0.2) is 0 Å². The van der Waals surface area contributed by atoms with Crippen LogP contribution in [0.5, 0.6) is 0 Å². The second kappa shape index (κ2) is 7.89. The smallest absolute Gasteiger partial charge is 0.254 e. The maximum absolute atomic E-state index is 13.3. The van der Waals surface area contributed by atoms with Crippen molar-refractivity contribution in [2.75, 3.05) is 19.7 Å².